The number of amides is 1. The molecule has 0 spiro atoms. The van der Waals surface area contributed by atoms with Crippen molar-refractivity contribution in [2.75, 3.05) is 5.32 Å². The summed E-state index contributed by atoms with van der Waals surface area (Å²) in [6, 6.07) is 8.35. The molecule has 35 heavy (non-hydrogen) atoms. The fourth-order valence-electron chi connectivity index (χ4n) is 3.50. The van der Waals surface area contributed by atoms with Gasteiger partial charge in [-0.05, 0) is 48.4 Å². The normalized spacial score (nSPS) is 15.4. The molecule has 0 aromatic heterocycles. The first-order valence-electron chi connectivity index (χ1n) is 10.7. The number of carboxylic acid groups (broad SMARTS) is 2. The summed E-state index contributed by atoms with van der Waals surface area (Å²) in [5, 5.41) is 16.2. The number of anilines is 1. The molecule has 2 atom stereocenters. The number of alkyl halides is 5. The summed E-state index contributed by atoms with van der Waals surface area (Å²) in [7, 11) is 0. The molecule has 5 nitrogen and oxygen atoms in total. The highest BCUT2D eigenvalue weighted by molar-refractivity contribution is 5.96. The van der Waals surface area contributed by atoms with E-state index in [1.165, 1.54) is 12.1 Å². The van der Waals surface area contributed by atoms with Gasteiger partial charge in [-0.25, -0.2) is 18.0 Å². The minimum absolute atomic E-state index is 0.0788. The highest BCUT2D eigenvalue weighted by Gasteiger charge is 2.45. The highest BCUT2D eigenvalue weighted by Crippen LogP contribution is 2.39. The van der Waals surface area contributed by atoms with Gasteiger partial charge in [0.05, 0.1) is 17.5 Å². The molecule has 11 heteroatoms. The molecule has 3 N–H and O–H groups in total. The molecule has 0 saturated heterocycles. The van der Waals surface area contributed by atoms with Gasteiger partial charge >= 0.3 is 12.3 Å². The lowest BCUT2D eigenvalue weighted by molar-refractivity contribution is -0.178. The van der Waals surface area contributed by atoms with Crippen LogP contribution in [0.4, 0.5) is 36.8 Å². The van der Waals surface area contributed by atoms with Gasteiger partial charge in [-0.15, -0.1) is 0 Å². The number of rotatable bonds is 7. The van der Waals surface area contributed by atoms with Crippen LogP contribution in [0.2, 0.25) is 0 Å². The maximum atomic E-state index is 14.2. The summed E-state index contributed by atoms with van der Waals surface area (Å²) in [6.45, 7) is 1.51. The molecule has 3 rings (SSSR count). The minimum Gasteiger partial charge on any atom is -0.450 e. The maximum absolute atomic E-state index is 14.2. The van der Waals surface area contributed by atoms with Crippen molar-refractivity contribution in [2.24, 2.45) is 11.8 Å². The lowest BCUT2D eigenvalue weighted by Crippen LogP contribution is -2.34. The predicted octanol–water partition coefficient (Wildman–Crippen LogP) is 7.03. The van der Waals surface area contributed by atoms with Crippen LogP contribution in [0.3, 0.4) is 0 Å². The third-order valence-electron chi connectivity index (χ3n) is 5.59. The van der Waals surface area contributed by atoms with Gasteiger partial charge in [-0.3, -0.25) is 4.79 Å². The van der Waals surface area contributed by atoms with E-state index in [0.717, 1.165) is 49.6 Å². The Morgan fingerprint density at radius 1 is 1.03 bits per heavy atom. The molecule has 0 heterocycles. The van der Waals surface area contributed by atoms with Crippen molar-refractivity contribution in [3.05, 3.63) is 65.0 Å². The lowest BCUT2D eigenvalue weighted by atomic mass is 9.85. The second-order valence-electron chi connectivity index (χ2n) is 8.55. The first-order chi connectivity index (χ1) is 16.1. The number of carbonyl (C=O) groups is 2. The molecule has 1 aliphatic carbocycles. The zero-order valence-corrected chi connectivity index (χ0v) is 18.9. The second kappa shape index (κ2) is 11.0. The smallest absolute Gasteiger partial charge is 0.450 e. The van der Waals surface area contributed by atoms with Crippen LogP contribution >= 0.6 is 0 Å². The van der Waals surface area contributed by atoms with Gasteiger partial charge in [-0.2, -0.15) is 13.2 Å². The maximum Gasteiger partial charge on any atom is 0.503 e. The number of nitrogens with one attached hydrogen (secondary N) is 1. The molecule has 0 aliphatic heterocycles. The summed E-state index contributed by atoms with van der Waals surface area (Å²) in [5.74, 6) is -8.32. The summed E-state index contributed by atoms with van der Waals surface area (Å²) >= 11 is 0. The molecule has 0 bridgehead atoms. The molecule has 0 radical (unpaired) electrons. The first kappa shape index (κ1) is 28.0. The van der Waals surface area contributed by atoms with Crippen molar-refractivity contribution in [1.29, 1.82) is 0 Å². The lowest BCUT2D eigenvalue weighted by Gasteiger charge is -2.26. The second-order valence-corrected chi connectivity index (χ2v) is 8.55. The van der Waals surface area contributed by atoms with Crippen molar-refractivity contribution in [3.63, 3.8) is 0 Å². The van der Waals surface area contributed by atoms with Crippen molar-refractivity contribution in [2.45, 2.75) is 51.1 Å². The monoisotopic (exact) mass is 505 g/mol. The largest absolute Gasteiger partial charge is 0.503 e. The molecule has 2 aromatic carbocycles. The van der Waals surface area contributed by atoms with Gasteiger partial charge < -0.3 is 15.5 Å². The van der Waals surface area contributed by atoms with Crippen LogP contribution in [-0.2, 0) is 17.1 Å². The Labute approximate surface area is 197 Å². The van der Waals surface area contributed by atoms with Crippen LogP contribution in [-0.4, -0.2) is 28.5 Å². The van der Waals surface area contributed by atoms with Gasteiger partial charge in [0.2, 0.25) is 5.91 Å². The molecule has 1 aliphatic rings. The van der Waals surface area contributed by atoms with E-state index >= 15 is 0 Å². The van der Waals surface area contributed by atoms with Gasteiger partial charge in [0.1, 0.15) is 5.82 Å². The zero-order valence-electron chi connectivity index (χ0n) is 18.9. The molecular weight excluding hydrogens is 480 g/mol. The average molecular weight is 505 g/mol. The summed E-state index contributed by atoms with van der Waals surface area (Å²) in [4.78, 5) is 21.4. The van der Waals surface area contributed by atoms with Crippen molar-refractivity contribution < 1.29 is 46.1 Å². The summed E-state index contributed by atoms with van der Waals surface area (Å²) in [5.41, 5.74) is 0.132. The number of hydrogen-bond acceptors (Lipinski definition) is 2. The first-order valence-corrected chi connectivity index (χ1v) is 10.7. The van der Waals surface area contributed by atoms with Gasteiger partial charge in [0.15, 0.2) is 0 Å². The Morgan fingerprint density at radius 2 is 1.57 bits per heavy atom. The number of benzene rings is 2. The van der Waals surface area contributed by atoms with Crippen LogP contribution in [0.1, 0.15) is 49.3 Å². The van der Waals surface area contributed by atoms with E-state index in [2.05, 4.69) is 5.32 Å². The molecule has 1 amide bonds. The average Bonchev–Trinajstić information content (AvgIpc) is 3.53. The van der Waals surface area contributed by atoms with Crippen LogP contribution in [0, 0.1) is 17.7 Å². The van der Waals surface area contributed by atoms with Crippen LogP contribution in [0.5, 0.6) is 0 Å². The number of carbonyl (C=O) groups excluding carboxylic acids is 1. The highest BCUT2D eigenvalue weighted by atomic mass is 19.4. The summed E-state index contributed by atoms with van der Waals surface area (Å²) < 4.78 is 81.6. The number of hydrogen-bond donors (Lipinski definition) is 3. The van der Waals surface area contributed by atoms with E-state index in [1.807, 2.05) is 0 Å². The Kier molecular flexibility index (Phi) is 8.80. The van der Waals surface area contributed by atoms with E-state index in [4.69, 9.17) is 15.0 Å². The quantitative estimate of drug-likeness (QED) is 0.353. The van der Waals surface area contributed by atoms with Crippen LogP contribution in [0.25, 0.3) is 0 Å². The molecular formula is C24H25F6NO4. The van der Waals surface area contributed by atoms with Gasteiger partial charge in [0.25, 0.3) is 5.92 Å². The van der Waals surface area contributed by atoms with Gasteiger partial charge in [0, 0.05) is 12.5 Å². The predicted molar refractivity (Wildman–Crippen MR) is 116 cm³/mol. The van der Waals surface area contributed by atoms with E-state index in [-0.39, 0.29) is 16.8 Å². The van der Waals surface area contributed by atoms with E-state index < -0.39 is 41.8 Å². The molecule has 0 unspecified atom stereocenters. The van der Waals surface area contributed by atoms with Crippen molar-refractivity contribution >= 4 is 17.7 Å². The fourth-order valence-corrected chi connectivity index (χ4v) is 3.50. The van der Waals surface area contributed by atoms with E-state index in [9.17, 15) is 31.1 Å². The van der Waals surface area contributed by atoms with E-state index in [1.54, 1.807) is 6.07 Å². The fraction of sp³-hybridized carbons (Fsp3) is 0.417. The van der Waals surface area contributed by atoms with Crippen LogP contribution < -0.4 is 5.32 Å². The van der Waals surface area contributed by atoms with Gasteiger partial charge in [-0.1, -0.05) is 37.3 Å². The Bertz CT molecular complexity index is 1030. The minimum atomic E-state index is -4.72. The van der Waals surface area contributed by atoms with Crippen molar-refractivity contribution in [3.8, 4) is 0 Å². The van der Waals surface area contributed by atoms with Crippen molar-refractivity contribution in [1.82, 2.24) is 0 Å². The SMILES string of the molecule is C[C@H]([C@H](C(=O)Nc1cc(CC2CC2)ccc1F)c1ccc(C(C)(F)F)cc1)C(F)(F)F.O=C(O)O. The Balaban J connectivity index is 0.00000100. The molecule has 1 fully saturated rings. The summed E-state index contributed by atoms with van der Waals surface area (Å²) in [6.07, 6.45) is -3.71. The molecule has 1 saturated carbocycles. The Morgan fingerprint density at radius 3 is 2.03 bits per heavy atom. The molecule has 192 valence electrons. The third kappa shape index (κ3) is 8.48. The topological polar surface area (TPSA) is 86.6 Å². The van der Waals surface area contributed by atoms with Crippen LogP contribution in [0.15, 0.2) is 42.5 Å². The Hall–Kier alpha value is -3.24. The number of halogens is 6. The zero-order chi connectivity index (χ0) is 26.6. The third-order valence-corrected chi connectivity index (χ3v) is 5.59. The molecule has 2 aromatic rings. The standard InChI is InChI=1S/C23H23F6NO.CH2O3/c1-13(23(27,28)29)20(16-6-8-17(9-7-16)22(2,25)26)21(31)30-19-12-15(5-10-18(19)24)11-14-3-4-14;2-1(3)4/h5-10,12-14,20H,3-4,11H2,1-2H3,(H,30,31);(H2,2,3,4)/t13-,20+;/m1./s1. The van der Waals surface area contributed by atoms with E-state index in [0.29, 0.717) is 19.3 Å².